The average Bonchev–Trinajstić information content (AvgIpc) is 3.10. The van der Waals surface area contributed by atoms with E-state index in [2.05, 4.69) is 10.3 Å². The molecular formula is C29H39N4O6+. The van der Waals surface area contributed by atoms with Crippen molar-refractivity contribution in [2.45, 2.75) is 77.4 Å². The van der Waals surface area contributed by atoms with E-state index in [0.29, 0.717) is 12.1 Å². The Balaban J connectivity index is 1.80. The minimum absolute atomic E-state index is 0.00204. The summed E-state index contributed by atoms with van der Waals surface area (Å²) < 4.78 is 5.29. The van der Waals surface area contributed by atoms with Crippen molar-refractivity contribution in [3.63, 3.8) is 0 Å². The summed E-state index contributed by atoms with van der Waals surface area (Å²) in [5.41, 5.74) is 1.23. The first-order valence-corrected chi connectivity index (χ1v) is 13.5. The first kappa shape index (κ1) is 28.7. The average molecular weight is 540 g/mol. The molecule has 0 aliphatic carbocycles. The van der Waals surface area contributed by atoms with Crippen molar-refractivity contribution in [2.75, 3.05) is 7.05 Å². The van der Waals surface area contributed by atoms with E-state index in [9.17, 15) is 24.6 Å². The van der Waals surface area contributed by atoms with Gasteiger partial charge < -0.3 is 14.9 Å². The molecule has 3 N–H and O–H groups in total. The molecule has 2 fully saturated rings. The van der Waals surface area contributed by atoms with E-state index in [0.717, 1.165) is 5.56 Å². The molecule has 7 unspecified atom stereocenters. The zero-order valence-electron chi connectivity index (χ0n) is 23.2. The fraction of sp³-hybridized carbons (Fsp3) is 0.517. The zero-order chi connectivity index (χ0) is 28.5. The van der Waals surface area contributed by atoms with Crippen LogP contribution in [-0.4, -0.2) is 80.0 Å². The number of pyridine rings is 1. The van der Waals surface area contributed by atoms with E-state index in [1.807, 2.05) is 44.2 Å². The van der Waals surface area contributed by atoms with Crippen LogP contribution in [0.1, 0.15) is 45.4 Å². The molecule has 0 bridgehead atoms. The Labute approximate surface area is 229 Å². The number of carbonyl (C=O) groups is 3. The second kappa shape index (κ2) is 11.4. The van der Waals surface area contributed by atoms with E-state index < -0.39 is 52.7 Å². The maximum atomic E-state index is 14.3. The van der Waals surface area contributed by atoms with Gasteiger partial charge in [0.15, 0.2) is 0 Å². The fourth-order valence-corrected chi connectivity index (χ4v) is 5.70. The Morgan fingerprint density at radius 3 is 2.44 bits per heavy atom. The number of rotatable bonds is 7. The van der Waals surface area contributed by atoms with Crippen molar-refractivity contribution in [1.82, 2.24) is 15.3 Å². The van der Waals surface area contributed by atoms with Crippen molar-refractivity contribution < 1.29 is 33.9 Å². The number of esters is 1. The molecule has 7 atom stereocenters. The van der Waals surface area contributed by atoms with E-state index in [4.69, 9.17) is 4.74 Å². The number of aliphatic hydroxyl groups is 1. The van der Waals surface area contributed by atoms with Crippen molar-refractivity contribution in [2.24, 2.45) is 11.8 Å². The lowest BCUT2D eigenvalue weighted by atomic mass is 9.92. The largest absolute Gasteiger partial charge is 0.506 e. The molecule has 39 heavy (non-hydrogen) atoms. The van der Waals surface area contributed by atoms with Crippen molar-refractivity contribution in [3.8, 4) is 5.75 Å². The molecule has 0 radical (unpaired) electrons. The molecule has 2 aliphatic rings. The number of benzene rings is 1. The SMILES string of the molecule is CC(C)CC1OC(=O)C(C)C(O)C(Cc2ccccc2)N2C(=O)C(NCc3ncccc3O)C(C)[N+]2(C)C1=O. The third-order valence-corrected chi connectivity index (χ3v) is 8.12. The predicted molar refractivity (Wildman–Crippen MR) is 142 cm³/mol. The van der Waals surface area contributed by atoms with Gasteiger partial charge in [0.05, 0.1) is 24.8 Å². The topological polar surface area (TPSA) is 129 Å². The van der Waals surface area contributed by atoms with Crippen molar-refractivity contribution in [3.05, 3.63) is 59.9 Å². The lowest BCUT2D eigenvalue weighted by Crippen LogP contribution is -2.68. The van der Waals surface area contributed by atoms with Crippen LogP contribution in [0.3, 0.4) is 0 Å². The molecule has 2 saturated heterocycles. The number of quaternary nitrogens is 1. The predicted octanol–water partition coefficient (Wildman–Crippen LogP) is 1.94. The van der Waals surface area contributed by atoms with Gasteiger partial charge >= 0.3 is 11.9 Å². The molecule has 2 amide bonds. The lowest BCUT2D eigenvalue weighted by Gasteiger charge is -2.43. The molecule has 2 aliphatic heterocycles. The monoisotopic (exact) mass is 539 g/mol. The van der Waals surface area contributed by atoms with Gasteiger partial charge in [-0.05, 0) is 37.5 Å². The van der Waals surface area contributed by atoms with Crippen LogP contribution in [0.4, 0.5) is 0 Å². The zero-order valence-corrected chi connectivity index (χ0v) is 23.2. The number of amides is 2. The fourth-order valence-electron chi connectivity index (χ4n) is 5.70. The highest BCUT2D eigenvalue weighted by Gasteiger charge is 2.65. The minimum atomic E-state index is -1.28. The minimum Gasteiger partial charge on any atom is -0.506 e. The Morgan fingerprint density at radius 2 is 1.79 bits per heavy atom. The molecule has 0 spiro atoms. The van der Waals surface area contributed by atoms with Crippen LogP contribution in [0.2, 0.25) is 0 Å². The van der Waals surface area contributed by atoms with E-state index >= 15 is 0 Å². The number of ether oxygens (including phenoxy) is 1. The molecule has 2 aromatic rings. The summed E-state index contributed by atoms with van der Waals surface area (Å²) in [4.78, 5) is 45.9. The quantitative estimate of drug-likeness (QED) is 0.360. The number of aromatic hydroxyl groups is 1. The van der Waals surface area contributed by atoms with Gasteiger partial charge in [0.1, 0.15) is 23.9 Å². The van der Waals surface area contributed by atoms with Crippen molar-refractivity contribution >= 4 is 17.8 Å². The summed E-state index contributed by atoms with van der Waals surface area (Å²) >= 11 is 0. The van der Waals surface area contributed by atoms with Gasteiger partial charge in [-0.15, -0.1) is 0 Å². The molecule has 1 aromatic heterocycles. The first-order valence-electron chi connectivity index (χ1n) is 13.5. The maximum absolute atomic E-state index is 14.3. The first-order chi connectivity index (χ1) is 18.5. The second-order valence-corrected chi connectivity index (χ2v) is 11.2. The summed E-state index contributed by atoms with van der Waals surface area (Å²) in [7, 11) is 1.66. The van der Waals surface area contributed by atoms with Crippen molar-refractivity contribution in [1.29, 1.82) is 0 Å². The van der Waals surface area contributed by atoms with E-state index in [-0.39, 0.29) is 30.5 Å². The molecule has 1 aromatic carbocycles. The highest BCUT2D eigenvalue weighted by Crippen LogP contribution is 2.37. The molecule has 10 nitrogen and oxygen atoms in total. The summed E-state index contributed by atoms with van der Waals surface area (Å²) in [6.07, 6.45) is -0.280. The molecule has 10 heteroatoms. The number of hydrogen-bond donors (Lipinski definition) is 3. The number of cyclic esters (lactones) is 1. The maximum Gasteiger partial charge on any atom is 0.379 e. The number of carbonyl (C=O) groups excluding carboxylic acids is 3. The molecule has 0 saturated carbocycles. The number of aromatic nitrogens is 1. The third kappa shape index (κ3) is 5.41. The van der Waals surface area contributed by atoms with Gasteiger partial charge in [-0.3, -0.25) is 19.9 Å². The van der Waals surface area contributed by atoms with Crippen LogP contribution in [0, 0.1) is 11.8 Å². The van der Waals surface area contributed by atoms with Crippen LogP contribution in [-0.2, 0) is 32.1 Å². The Bertz CT molecular complexity index is 1210. The number of nitrogens with one attached hydrogen (secondary N) is 1. The standard InChI is InChI=1S/C29H38N4O6/c1-17(2)14-24-28(37)33(5)19(4)25(31-16-21-23(34)12-9-13-30-21)27(36)32(33)22(15-20-10-7-6-8-11-20)26(35)18(3)29(38)39-24/h6-13,17-19,22,24-26,31,35H,14-16H2,1-5H3/p+1. The van der Waals surface area contributed by atoms with Crippen LogP contribution in [0.15, 0.2) is 48.7 Å². The lowest BCUT2D eigenvalue weighted by molar-refractivity contribution is -0.954. The van der Waals surface area contributed by atoms with Gasteiger partial charge in [-0.25, -0.2) is 4.79 Å². The number of nitrogens with zero attached hydrogens (tertiary/aromatic N) is 3. The van der Waals surface area contributed by atoms with E-state index in [1.165, 1.54) is 11.1 Å². The van der Waals surface area contributed by atoms with Gasteiger partial charge in [0.25, 0.3) is 5.91 Å². The number of likely N-dealkylation sites (N-methyl/N-ethyl adjacent to an activating group) is 1. The van der Waals surface area contributed by atoms with Crippen LogP contribution in [0.5, 0.6) is 5.75 Å². The highest BCUT2D eigenvalue weighted by molar-refractivity contribution is 5.88. The van der Waals surface area contributed by atoms with Gasteiger partial charge in [-0.2, -0.15) is 9.60 Å². The van der Waals surface area contributed by atoms with E-state index in [1.54, 1.807) is 33.2 Å². The molecule has 210 valence electrons. The molecular weight excluding hydrogens is 500 g/mol. The van der Waals surface area contributed by atoms with Crippen LogP contribution >= 0.6 is 0 Å². The number of aliphatic hydroxyl groups excluding tert-OH is 1. The van der Waals surface area contributed by atoms with Gasteiger partial charge in [0.2, 0.25) is 6.10 Å². The third-order valence-electron chi connectivity index (χ3n) is 8.12. The van der Waals surface area contributed by atoms with Crippen LogP contribution < -0.4 is 5.32 Å². The summed E-state index contributed by atoms with van der Waals surface area (Å²) in [6, 6.07) is 10.2. The summed E-state index contributed by atoms with van der Waals surface area (Å²) in [5, 5.41) is 26.4. The molecule has 4 rings (SSSR count). The Hall–Kier alpha value is -3.34. The number of hydrogen-bond acceptors (Lipinski definition) is 8. The molecule has 3 heterocycles. The van der Waals surface area contributed by atoms with Gasteiger partial charge in [-0.1, -0.05) is 44.2 Å². The van der Waals surface area contributed by atoms with Gasteiger partial charge in [0, 0.05) is 25.6 Å². The van der Waals surface area contributed by atoms with Crippen LogP contribution in [0.25, 0.3) is 0 Å². The Kier molecular flexibility index (Phi) is 8.39. The second-order valence-electron chi connectivity index (χ2n) is 11.2. The normalized spacial score (nSPS) is 31.5. The summed E-state index contributed by atoms with van der Waals surface area (Å²) in [6.45, 7) is 7.34. The Morgan fingerprint density at radius 1 is 1.10 bits per heavy atom. The summed E-state index contributed by atoms with van der Waals surface area (Å²) in [5.74, 6) is -2.37. The number of fused-ring (bicyclic) bond motifs is 1. The smallest absolute Gasteiger partial charge is 0.379 e. The highest BCUT2D eigenvalue weighted by atomic mass is 16.6.